The molecular weight excluding hydrogens is 389 g/mol. The topological polar surface area (TPSA) is 86.3 Å². The summed E-state index contributed by atoms with van der Waals surface area (Å²) in [6.45, 7) is 3.60. The molecule has 7 nitrogen and oxygen atoms in total. The second-order valence-corrected chi connectivity index (χ2v) is 7.63. The Hall–Kier alpha value is -1.29. The fraction of sp³-hybridized carbons (Fsp3) is 0.368. The fourth-order valence-electron chi connectivity index (χ4n) is 2.88. The Kier molecular flexibility index (Phi) is 7.62. The van der Waals surface area contributed by atoms with Crippen LogP contribution in [0.5, 0.6) is 5.75 Å². The third-order valence-corrected chi connectivity index (χ3v) is 5.54. The largest absolute Gasteiger partial charge is 0.488 e. The van der Waals surface area contributed by atoms with E-state index in [2.05, 4.69) is 15.0 Å². The Bertz CT molecular complexity index is 926. The average Bonchev–Trinajstić information content (AvgIpc) is 3.14. The number of nitrogens with one attached hydrogen (secondary N) is 1. The zero-order chi connectivity index (χ0) is 18.6. The molecule has 1 aliphatic rings. The molecule has 9 heteroatoms. The van der Waals surface area contributed by atoms with Crippen LogP contribution in [-0.4, -0.2) is 74.8 Å². The van der Waals surface area contributed by atoms with Crippen molar-refractivity contribution in [2.75, 3.05) is 19.8 Å². The average molecular weight is 410 g/mol. The number of aromatic amines is 1. The van der Waals surface area contributed by atoms with Gasteiger partial charge in [0.2, 0.25) is 0 Å². The van der Waals surface area contributed by atoms with E-state index in [0.29, 0.717) is 30.7 Å². The summed E-state index contributed by atoms with van der Waals surface area (Å²) in [5, 5.41) is 0.452. The first-order valence-electron chi connectivity index (χ1n) is 8.84. The summed E-state index contributed by atoms with van der Waals surface area (Å²) in [5.41, 5.74) is 3.25. The SMILES string of the molecule is Cc1c(OCC2OCCCO2)ccnc1CS(=O)c1nc2ccccc2[nH]1.[Na]. The van der Waals surface area contributed by atoms with E-state index in [1.807, 2.05) is 31.2 Å². The number of ether oxygens (including phenoxy) is 3. The first kappa shape index (κ1) is 21.4. The summed E-state index contributed by atoms with van der Waals surface area (Å²) in [6, 6.07) is 9.42. The van der Waals surface area contributed by atoms with Crippen molar-refractivity contribution in [2.24, 2.45) is 0 Å². The number of para-hydroxylation sites is 2. The number of imidazole rings is 1. The van der Waals surface area contributed by atoms with Crippen molar-refractivity contribution in [2.45, 2.75) is 30.5 Å². The molecule has 0 amide bonds. The first-order chi connectivity index (χ1) is 13.2. The van der Waals surface area contributed by atoms with Crippen LogP contribution in [0.4, 0.5) is 0 Å². The van der Waals surface area contributed by atoms with E-state index in [-0.39, 0.29) is 41.6 Å². The Balaban J connectivity index is 0.00000225. The van der Waals surface area contributed by atoms with Crippen molar-refractivity contribution in [3.05, 3.63) is 47.8 Å². The van der Waals surface area contributed by atoms with E-state index in [1.165, 1.54) is 0 Å². The van der Waals surface area contributed by atoms with Gasteiger partial charge in [-0.1, -0.05) is 12.1 Å². The summed E-state index contributed by atoms with van der Waals surface area (Å²) in [7, 11) is -1.33. The van der Waals surface area contributed by atoms with Crippen molar-refractivity contribution < 1.29 is 18.4 Å². The van der Waals surface area contributed by atoms with Gasteiger partial charge in [-0.3, -0.25) is 9.19 Å². The van der Waals surface area contributed by atoms with E-state index in [9.17, 15) is 4.21 Å². The van der Waals surface area contributed by atoms with E-state index >= 15 is 0 Å². The van der Waals surface area contributed by atoms with Crippen LogP contribution < -0.4 is 4.74 Å². The van der Waals surface area contributed by atoms with Crippen molar-refractivity contribution in [1.82, 2.24) is 15.0 Å². The van der Waals surface area contributed by atoms with Gasteiger partial charge in [0.25, 0.3) is 0 Å². The van der Waals surface area contributed by atoms with Gasteiger partial charge in [0.05, 0.1) is 46.5 Å². The molecule has 4 rings (SSSR count). The minimum absolute atomic E-state index is 0. The summed E-state index contributed by atoms with van der Waals surface area (Å²) < 4.78 is 29.6. The third-order valence-electron chi connectivity index (χ3n) is 4.38. The minimum atomic E-state index is -1.33. The van der Waals surface area contributed by atoms with Crippen LogP contribution in [0, 0.1) is 6.92 Å². The molecule has 0 bridgehead atoms. The number of hydrogen-bond donors (Lipinski definition) is 1. The van der Waals surface area contributed by atoms with Gasteiger partial charge >= 0.3 is 0 Å². The zero-order valence-electron chi connectivity index (χ0n) is 16.0. The van der Waals surface area contributed by atoms with Gasteiger partial charge in [-0.15, -0.1) is 0 Å². The van der Waals surface area contributed by atoms with Crippen LogP contribution in [0.15, 0.2) is 41.7 Å². The first-order valence-corrected chi connectivity index (χ1v) is 10.2. The molecule has 3 heterocycles. The molecule has 1 atom stereocenters. The summed E-state index contributed by atoms with van der Waals surface area (Å²) in [4.78, 5) is 11.9. The Morgan fingerprint density at radius 2 is 2.04 bits per heavy atom. The van der Waals surface area contributed by atoms with E-state index < -0.39 is 10.8 Å². The molecule has 3 aromatic rings. The smallest absolute Gasteiger partial charge is 0.197 e. The molecule has 0 aliphatic carbocycles. The molecule has 0 saturated carbocycles. The second kappa shape index (κ2) is 9.96. The summed E-state index contributed by atoms with van der Waals surface area (Å²) in [5.74, 6) is 0.957. The quantitative estimate of drug-likeness (QED) is 0.628. The number of benzene rings is 1. The minimum Gasteiger partial charge on any atom is -0.488 e. The van der Waals surface area contributed by atoms with Crippen molar-refractivity contribution in [1.29, 1.82) is 0 Å². The van der Waals surface area contributed by atoms with Gasteiger partial charge in [0.15, 0.2) is 11.4 Å². The number of hydrogen-bond acceptors (Lipinski definition) is 6. The summed E-state index contributed by atoms with van der Waals surface area (Å²) in [6.07, 6.45) is 2.22. The monoisotopic (exact) mass is 410 g/mol. The van der Waals surface area contributed by atoms with Crippen LogP contribution in [0.2, 0.25) is 0 Å². The fourth-order valence-corrected chi connectivity index (χ4v) is 3.98. The van der Waals surface area contributed by atoms with Crippen molar-refractivity contribution in [3.8, 4) is 5.75 Å². The zero-order valence-corrected chi connectivity index (χ0v) is 18.8. The van der Waals surface area contributed by atoms with E-state index in [1.54, 1.807) is 12.3 Å². The number of nitrogens with zero attached hydrogens (tertiary/aromatic N) is 2. The van der Waals surface area contributed by atoms with Crippen LogP contribution >= 0.6 is 0 Å². The van der Waals surface area contributed by atoms with Gasteiger partial charge in [0.1, 0.15) is 12.4 Å². The number of rotatable bonds is 6. The third kappa shape index (κ3) is 5.00. The number of fused-ring (bicyclic) bond motifs is 1. The standard InChI is InChI=1S/C19H21N3O4S.Na/c1-13-16(12-27(23)19-21-14-5-2-3-6-15(14)22-19)20-8-7-17(13)26-11-18-24-9-4-10-25-18;/h2-3,5-8,18H,4,9-12H2,1H3,(H,21,22);. The van der Waals surface area contributed by atoms with E-state index in [0.717, 1.165) is 28.7 Å². The Labute approximate surface area is 187 Å². The molecular formula is C19H21N3NaO4S. The van der Waals surface area contributed by atoms with E-state index in [4.69, 9.17) is 14.2 Å². The number of H-pyrrole nitrogens is 1. The Morgan fingerprint density at radius 3 is 2.82 bits per heavy atom. The van der Waals surface area contributed by atoms with Crippen LogP contribution in [0.1, 0.15) is 17.7 Å². The van der Waals surface area contributed by atoms with Gasteiger partial charge in [-0.2, -0.15) is 0 Å². The molecule has 28 heavy (non-hydrogen) atoms. The second-order valence-electron chi connectivity index (χ2n) is 6.27. The predicted molar refractivity (Wildman–Crippen MR) is 107 cm³/mol. The van der Waals surface area contributed by atoms with Crippen LogP contribution in [-0.2, 0) is 26.0 Å². The maximum absolute atomic E-state index is 12.7. The van der Waals surface area contributed by atoms with Crippen LogP contribution in [0.3, 0.4) is 0 Å². The van der Waals surface area contributed by atoms with Crippen molar-refractivity contribution in [3.63, 3.8) is 0 Å². The predicted octanol–water partition coefficient (Wildman–Crippen LogP) is 2.34. The molecule has 1 unspecified atom stereocenters. The van der Waals surface area contributed by atoms with Crippen LogP contribution in [0.25, 0.3) is 11.0 Å². The van der Waals surface area contributed by atoms with Gasteiger partial charge in [-0.25, -0.2) is 4.98 Å². The molecule has 1 N–H and O–H groups in total. The van der Waals surface area contributed by atoms with Gasteiger partial charge in [0, 0.05) is 41.3 Å². The van der Waals surface area contributed by atoms with Gasteiger partial charge < -0.3 is 19.2 Å². The molecule has 0 spiro atoms. The molecule has 1 saturated heterocycles. The molecule has 143 valence electrons. The maximum Gasteiger partial charge on any atom is 0.197 e. The number of pyridine rings is 1. The van der Waals surface area contributed by atoms with Crippen molar-refractivity contribution >= 4 is 51.4 Å². The van der Waals surface area contributed by atoms with Gasteiger partial charge in [-0.05, 0) is 31.5 Å². The molecule has 1 aromatic carbocycles. The summed E-state index contributed by atoms with van der Waals surface area (Å²) >= 11 is 0. The Morgan fingerprint density at radius 1 is 1.25 bits per heavy atom. The normalized spacial score (nSPS) is 15.9. The molecule has 1 aliphatic heterocycles. The maximum atomic E-state index is 12.7. The number of aromatic nitrogens is 3. The molecule has 2 aromatic heterocycles. The molecule has 1 fully saturated rings. The molecule has 1 radical (unpaired) electrons.